The number of hydrogen-bond donors (Lipinski definition) is 3. The van der Waals surface area contributed by atoms with Crippen LogP contribution >= 0.6 is 12.2 Å². The van der Waals surface area contributed by atoms with E-state index in [2.05, 4.69) is 16.2 Å². The minimum Gasteiger partial charge on any atom is -0.492 e. The second-order valence-electron chi connectivity index (χ2n) is 7.42. The normalized spacial score (nSPS) is 10.5. The highest BCUT2D eigenvalue weighted by atomic mass is 32.1. The molecule has 0 radical (unpaired) electrons. The molecule has 3 N–H and O–H groups in total. The second kappa shape index (κ2) is 11.1. The summed E-state index contributed by atoms with van der Waals surface area (Å²) in [6.07, 6.45) is 0. The molecular formula is C24H25N3O4S. The first-order valence-corrected chi connectivity index (χ1v) is 10.6. The third kappa shape index (κ3) is 6.42. The van der Waals surface area contributed by atoms with Crippen LogP contribution in [0.15, 0.2) is 66.7 Å². The van der Waals surface area contributed by atoms with Gasteiger partial charge >= 0.3 is 0 Å². The third-order valence-corrected chi connectivity index (χ3v) is 4.56. The largest absolute Gasteiger partial charge is 0.492 e. The fraction of sp³-hybridized carbons (Fsp3) is 0.208. The highest BCUT2D eigenvalue weighted by Gasteiger charge is 2.14. The lowest BCUT2D eigenvalue weighted by molar-refractivity contribution is -0.123. The number of para-hydroxylation sites is 1. The predicted molar refractivity (Wildman–Crippen MR) is 128 cm³/mol. The Hall–Kier alpha value is -3.65. The number of fused-ring (bicyclic) bond motifs is 1. The van der Waals surface area contributed by atoms with Crippen LogP contribution in [0.3, 0.4) is 0 Å². The van der Waals surface area contributed by atoms with Gasteiger partial charge in [0.05, 0.1) is 12.2 Å². The van der Waals surface area contributed by atoms with Crippen molar-refractivity contribution in [3.63, 3.8) is 0 Å². The molecule has 2 amide bonds. The maximum Gasteiger partial charge on any atom is 0.276 e. The number of ether oxygens (including phenoxy) is 2. The van der Waals surface area contributed by atoms with E-state index >= 15 is 0 Å². The number of benzene rings is 3. The Kier molecular flexibility index (Phi) is 7.99. The molecule has 32 heavy (non-hydrogen) atoms. The molecule has 0 bridgehead atoms. The van der Waals surface area contributed by atoms with Crippen molar-refractivity contribution in [3.8, 4) is 11.5 Å². The van der Waals surface area contributed by atoms with Gasteiger partial charge in [-0.05, 0) is 41.7 Å². The molecule has 0 atom stereocenters. The highest BCUT2D eigenvalue weighted by molar-refractivity contribution is 7.80. The first-order valence-electron chi connectivity index (χ1n) is 10.2. The van der Waals surface area contributed by atoms with Crippen molar-refractivity contribution in [2.45, 2.75) is 13.8 Å². The molecule has 0 aliphatic heterocycles. The standard InChI is InChI=1S/C24H25N3O4S/c1-16(2)14-30-21-12-6-5-11-19(21)23(29)25-24(32)27-26-22(28)15-31-20-13-7-9-17-8-3-4-10-18(17)20/h3-13,16H,14-15H2,1-2H3,(H,26,28)(H2,25,27,29,32). The van der Waals surface area contributed by atoms with Crippen LogP contribution < -0.4 is 25.6 Å². The van der Waals surface area contributed by atoms with Crippen molar-refractivity contribution in [3.05, 3.63) is 72.3 Å². The van der Waals surface area contributed by atoms with Crippen molar-refractivity contribution >= 4 is 39.9 Å². The minimum absolute atomic E-state index is 0.0489. The molecule has 0 aliphatic carbocycles. The van der Waals surface area contributed by atoms with Gasteiger partial charge in [-0.3, -0.25) is 25.8 Å². The van der Waals surface area contributed by atoms with E-state index in [1.165, 1.54) is 0 Å². The van der Waals surface area contributed by atoms with Crippen LogP contribution in [0.4, 0.5) is 0 Å². The van der Waals surface area contributed by atoms with E-state index in [-0.39, 0.29) is 11.7 Å². The smallest absolute Gasteiger partial charge is 0.276 e. The molecular weight excluding hydrogens is 426 g/mol. The lowest BCUT2D eigenvalue weighted by atomic mass is 10.1. The lowest BCUT2D eigenvalue weighted by Gasteiger charge is -2.14. The third-order valence-electron chi connectivity index (χ3n) is 4.35. The Labute approximate surface area is 192 Å². The fourth-order valence-corrected chi connectivity index (χ4v) is 3.01. The van der Waals surface area contributed by atoms with Gasteiger partial charge in [-0.25, -0.2) is 0 Å². The van der Waals surface area contributed by atoms with Crippen molar-refractivity contribution in [1.29, 1.82) is 0 Å². The van der Waals surface area contributed by atoms with E-state index in [4.69, 9.17) is 21.7 Å². The summed E-state index contributed by atoms with van der Waals surface area (Å²) >= 11 is 5.10. The SMILES string of the molecule is CC(C)COc1ccccc1C(=O)NC(=S)NNC(=O)COc1cccc2ccccc12. The zero-order valence-electron chi connectivity index (χ0n) is 17.9. The lowest BCUT2D eigenvalue weighted by Crippen LogP contribution is -2.49. The van der Waals surface area contributed by atoms with E-state index in [0.717, 1.165) is 10.8 Å². The summed E-state index contributed by atoms with van der Waals surface area (Å²) in [7, 11) is 0. The van der Waals surface area contributed by atoms with Crippen LogP contribution in [-0.2, 0) is 4.79 Å². The summed E-state index contributed by atoms with van der Waals surface area (Å²) in [5.74, 6) is 0.500. The van der Waals surface area contributed by atoms with Gasteiger partial charge in [-0.2, -0.15) is 0 Å². The van der Waals surface area contributed by atoms with Gasteiger partial charge < -0.3 is 9.47 Å². The Bertz CT molecular complexity index is 1110. The number of rotatable bonds is 7. The fourth-order valence-electron chi connectivity index (χ4n) is 2.87. The Morgan fingerprint density at radius 1 is 0.875 bits per heavy atom. The number of nitrogens with one attached hydrogen (secondary N) is 3. The van der Waals surface area contributed by atoms with E-state index in [9.17, 15) is 9.59 Å². The molecule has 3 aromatic carbocycles. The summed E-state index contributed by atoms with van der Waals surface area (Å²) in [6.45, 7) is 4.31. The molecule has 3 aromatic rings. The minimum atomic E-state index is -0.449. The molecule has 8 heteroatoms. The summed E-state index contributed by atoms with van der Waals surface area (Å²) in [4.78, 5) is 24.7. The number of carbonyl (C=O) groups is 2. The van der Waals surface area contributed by atoms with Gasteiger partial charge in [-0.15, -0.1) is 0 Å². The summed E-state index contributed by atoms with van der Waals surface area (Å²) < 4.78 is 11.3. The first kappa shape index (κ1) is 23.0. The number of hydrogen-bond acceptors (Lipinski definition) is 5. The molecule has 3 rings (SSSR count). The van der Waals surface area contributed by atoms with E-state index in [0.29, 0.717) is 29.6 Å². The molecule has 0 saturated carbocycles. The Balaban J connectivity index is 1.48. The average Bonchev–Trinajstić information content (AvgIpc) is 2.80. The van der Waals surface area contributed by atoms with Crippen LogP contribution in [0.1, 0.15) is 24.2 Å². The van der Waals surface area contributed by atoms with Crippen molar-refractivity contribution in [2.24, 2.45) is 5.92 Å². The summed E-state index contributed by atoms with van der Waals surface area (Å²) in [5.41, 5.74) is 5.27. The molecule has 0 heterocycles. The van der Waals surface area contributed by atoms with E-state index < -0.39 is 11.8 Å². The van der Waals surface area contributed by atoms with Gasteiger partial charge in [0.2, 0.25) is 0 Å². The first-order chi connectivity index (χ1) is 15.4. The zero-order valence-corrected chi connectivity index (χ0v) is 18.7. The van der Waals surface area contributed by atoms with Crippen LogP contribution in [0.2, 0.25) is 0 Å². The molecule has 166 valence electrons. The Morgan fingerprint density at radius 2 is 1.56 bits per heavy atom. The zero-order chi connectivity index (χ0) is 22.9. The van der Waals surface area contributed by atoms with Crippen LogP contribution in [0, 0.1) is 5.92 Å². The van der Waals surface area contributed by atoms with Crippen molar-refractivity contribution < 1.29 is 19.1 Å². The van der Waals surface area contributed by atoms with Crippen LogP contribution in [-0.4, -0.2) is 30.1 Å². The second-order valence-corrected chi connectivity index (χ2v) is 7.83. The number of amides is 2. The molecule has 7 nitrogen and oxygen atoms in total. The quantitative estimate of drug-likeness (QED) is 0.376. The van der Waals surface area contributed by atoms with Gasteiger partial charge in [0, 0.05) is 5.39 Å². The maximum atomic E-state index is 12.5. The predicted octanol–water partition coefficient (Wildman–Crippen LogP) is 3.59. The average molecular weight is 452 g/mol. The van der Waals surface area contributed by atoms with Crippen LogP contribution in [0.5, 0.6) is 11.5 Å². The van der Waals surface area contributed by atoms with E-state index in [1.807, 2.05) is 50.2 Å². The topological polar surface area (TPSA) is 88.7 Å². The van der Waals surface area contributed by atoms with Crippen LogP contribution in [0.25, 0.3) is 10.8 Å². The maximum absolute atomic E-state index is 12.5. The number of carbonyl (C=O) groups excluding carboxylic acids is 2. The number of hydrazine groups is 1. The van der Waals surface area contributed by atoms with Gasteiger partial charge in [0.1, 0.15) is 11.5 Å². The Morgan fingerprint density at radius 3 is 2.38 bits per heavy atom. The molecule has 0 unspecified atom stereocenters. The van der Waals surface area contributed by atoms with E-state index in [1.54, 1.807) is 30.3 Å². The molecule has 0 saturated heterocycles. The summed E-state index contributed by atoms with van der Waals surface area (Å²) in [6, 6.07) is 20.3. The molecule has 0 spiro atoms. The van der Waals surface area contributed by atoms with Gasteiger partial charge in [-0.1, -0.05) is 62.4 Å². The molecule has 0 fully saturated rings. The molecule has 0 aliphatic rings. The van der Waals surface area contributed by atoms with Gasteiger partial charge in [0.15, 0.2) is 11.7 Å². The van der Waals surface area contributed by atoms with Crippen molar-refractivity contribution in [2.75, 3.05) is 13.2 Å². The highest BCUT2D eigenvalue weighted by Crippen LogP contribution is 2.25. The number of thiocarbonyl (C=S) groups is 1. The van der Waals surface area contributed by atoms with Gasteiger partial charge in [0.25, 0.3) is 11.8 Å². The summed E-state index contributed by atoms with van der Waals surface area (Å²) in [5, 5.41) is 4.41. The monoisotopic (exact) mass is 451 g/mol. The molecule has 0 aromatic heterocycles. The van der Waals surface area contributed by atoms with Crippen molar-refractivity contribution in [1.82, 2.24) is 16.2 Å².